The first kappa shape index (κ1) is 10.7. The molecule has 0 aromatic heterocycles. The van der Waals surface area contributed by atoms with E-state index in [1.165, 1.54) is 0 Å². The van der Waals surface area contributed by atoms with Crippen molar-refractivity contribution in [1.29, 1.82) is 0 Å². The van der Waals surface area contributed by atoms with Crippen molar-refractivity contribution in [2.75, 3.05) is 11.9 Å². The smallest absolute Gasteiger partial charge is 0.222 e. The summed E-state index contributed by atoms with van der Waals surface area (Å²) >= 11 is 0. The first-order chi connectivity index (χ1) is 7.65. The number of amides is 1. The van der Waals surface area contributed by atoms with Crippen molar-refractivity contribution >= 4 is 17.4 Å². The second-order valence-corrected chi connectivity index (χ2v) is 3.98. The van der Waals surface area contributed by atoms with Gasteiger partial charge in [-0.05, 0) is 31.2 Å². The zero-order valence-corrected chi connectivity index (χ0v) is 9.12. The molecule has 0 saturated carbocycles. The molecular weight excluding hydrogens is 204 g/mol. The molecule has 0 spiro atoms. The van der Waals surface area contributed by atoms with Gasteiger partial charge in [-0.3, -0.25) is 9.59 Å². The summed E-state index contributed by atoms with van der Waals surface area (Å²) in [6, 6.07) is 7.44. The van der Waals surface area contributed by atoms with Crippen molar-refractivity contribution in [3.63, 3.8) is 0 Å². The molecule has 1 fully saturated rings. The third kappa shape index (κ3) is 2.39. The van der Waals surface area contributed by atoms with Gasteiger partial charge in [-0.15, -0.1) is 0 Å². The molecule has 16 heavy (non-hydrogen) atoms. The zero-order valence-electron chi connectivity index (χ0n) is 9.12. The van der Waals surface area contributed by atoms with Gasteiger partial charge in [0, 0.05) is 24.2 Å². The van der Waals surface area contributed by atoms with Crippen LogP contribution in [-0.2, 0) is 4.79 Å². The number of nitrogens with one attached hydrogen (secondary N) is 2. The van der Waals surface area contributed by atoms with E-state index in [1.807, 2.05) is 12.1 Å². The van der Waals surface area contributed by atoms with E-state index in [9.17, 15) is 9.59 Å². The van der Waals surface area contributed by atoms with Crippen LogP contribution in [0.25, 0.3) is 0 Å². The van der Waals surface area contributed by atoms with Gasteiger partial charge in [0.1, 0.15) is 0 Å². The molecule has 1 unspecified atom stereocenters. The second kappa shape index (κ2) is 4.35. The van der Waals surface area contributed by atoms with Crippen molar-refractivity contribution in [2.24, 2.45) is 0 Å². The molecule has 2 N–H and O–H groups in total. The average Bonchev–Trinajstić information content (AvgIpc) is 2.65. The topological polar surface area (TPSA) is 58.2 Å². The Morgan fingerprint density at radius 1 is 1.38 bits per heavy atom. The van der Waals surface area contributed by atoms with Crippen LogP contribution in [-0.4, -0.2) is 24.3 Å². The standard InChI is InChI=1S/C12H14N2O2/c1-8(15)9-2-4-10(5-3-9)14-11-6-12(16)13-7-11/h2-5,11,14H,6-7H2,1H3,(H,13,16). The Bertz CT molecular complexity index is 412. The minimum atomic E-state index is 0.0595. The number of hydrogen-bond acceptors (Lipinski definition) is 3. The highest BCUT2D eigenvalue weighted by atomic mass is 16.2. The Balaban J connectivity index is 2.00. The summed E-state index contributed by atoms with van der Waals surface area (Å²) in [5.41, 5.74) is 1.64. The molecule has 0 radical (unpaired) electrons. The number of anilines is 1. The number of carbonyl (C=O) groups excluding carboxylic acids is 2. The van der Waals surface area contributed by atoms with Crippen LogP contribution in [0.2, 0.25) is 0 Å². The summed E-state index contributed by atoms with van der Waals surface area (Å²) < 4.78 is 0. The van der Waals surface area contributed by atoms with Gasteiger partial charge in [-0.1, -0.05) is 0 Å². The molecule has 1 saturated heterocycles. The molecule has 1 heterocycles. The lowest BCUT2D eigenvalue weighted by Crippen LogP contribution is -2.22. The van der Waals surface area contributed by atoms with E-state index in [-0.39, 0.29) is 17.7 Å². The summed E-state index contributed by atoms with van der Waals surface area (Å²) in [5.74, 6) is 0.141. The first-order valence-electron chi connectivity index (χ1n) is 5.29. The Morgan fingerprint density at radius 2 is 2.06 bits per heavy atom. The third-order valence-electron chi connectivity index (χ3n) is 2.64. The van der Waals surface area contributed by atoms with Crippen LogP contribution in [0.3, 0.4) is 0 Å². The second-order valence-electron chi connectivity index (χ2n) is 3.98. The van der Waals surface area contributed by atoms with Crippen molar-refractivity contribution in [1.82, 2.24) is 5.32 Å². The molecule has 1 atom stereocenters. The van der Waals surface area contributed by atoms with Gasteiger partial charge in [0.15, 0.2) is 5.78 Å². The SMILES string of the molecule is CC(=O)c1ccc(NC2CNC(=O)C2)cc1. The number of Topliss-reactive ketones (excluding diaryl/α,β-unsaturated/α-hetero) is 1. The van der Waals surface area contributed by atoms with E-state index in [1.54, 1.807) is 19.1 Å². The van der Waals surface area contributed by atoms with Crippen LogP contribution in [0.4, 0.5) is 5.69 Å². The molecule has 0 aliphatic carbocycles. The molecule has 1 aliphatic heterocycles. The molecule has 84 valence electrons. The van der Waals surface area contributed by atoms with Gasteiger partial charge in [0.25, 0.3) is 0 Å². The number of ketones is 1. The normalized spacial score (nSPS) is 19.3. The molecule has 1 amide bonds. The van der Waals surface area contributed by atoms with Gasteiger partial charge in [0.2, 0.25) is 5.91 Å². The number of carbonyl (C=O) groups is 2. The summed E-state index contributed by atoms with van der Waals surface area (Å²) in [6.45, 7) is 2.20. The third-order valence-corrected chi connectivity index (χ3v) is 2.64. The Hall–Kier alpha value is -1.84. The highest BCUT2D eigenvalue weighted by Gasteiger charge is 2.20. The number of rotatable bonds is 3. The molecular formula is C12H14N2O2. The fraction of sp³-hybridized carbons (Fsp3) is 0.333. The Morgan fingerprint density at radius 3 is 2.56 bits per heavy atom. The lowest BCUT2D eigenvalue weighted by atomic mass is 10.1. The highest BCUT2D eigenvalue weighted by Crippen LogP contribution is 2.13. The number of benzene rings is 1. The fourth-order valence-electron chi connectivity index (χ4n) is 1.74. The monoisotopic (exact) mass is 218 g/mol. The van der Waals surface area contributed by atoms with E-state index >= 15 is 0 Å². The lowest BCUT2D eigenvalue weighted by molar-refractivity contribution is -0.119. The summed E-state index contributed by atoms with van der Waals surface area (Å²) in [5, 5.41) is 6.01. The quantitative estimate of drug-likeness (QED) is 0.749. The Kier molecular flexibility index (Phi) is 2.90. The van der Waals surface area contributed by atoms with E-state index < -0.39 is 0 Å². The fourth-order valence-corrected chi connectivity index (χ4v) is 1.74. The zero-order chi connectivity index (χ0) is 11.5. The summed E-state index contributed by atoms with van der Waals surface area (Å²) in [7, 11) is 0. The molecule has 4 nitrogen and oxygen atoms in total. The maximum Gasteiger partial charge on any atom is 0.222 e. The van der Waals surface area contributed by atoms with Crippen LogP contribution in [0.15, 0.2) is 24.3 Å². The van der Waals surface area contributed by atoms with Crippen molar-refractivity contribution < 1.29 is 9.59 Å². The first-order valence-corrected chi connectivity index (χ1v) is 5.29. The molecule has 1 aliphatic rings. The van der Waals surface area contributed by atoms with Crippen LogP contribution in [0, 0.1) is 0 Å². The van der Waals surface area contributed by atoms with Gasteiger partial charge in [-0.25, -0.2) is 0 Å². The van der Waals surface area contributed by atoms with Gasteiger partial charge in [-0.2, -0.15) is 0 Å². The highest BCUT2D eigenvalue weighted by molar-refractivity contribution is 5.94. The molecule has 1 aromatic rings. The molecule has 1 aromatic carbocycles. The van der Waals surface area contributed by atoms with Crippen LogP contribution < -0.4 is 10.6 Å². The van der Waals surface area contributed by atoms with Gasteiger partial charge < -0.3 is 10.6 Å². The summed E-state index contributed by atoms with van der Waals surface area (Å²) in [6.07, 6.45) is 0.508. The number of hydrogen-bond donors (Lipinski definition) is 2. The van der Waals surface area contributed by atoms with E-state index in [4.69, 9.17) is 0 Å². The lowest BCUT2D eigenvalue weighted by Gasteiger charge is -2.11. The van der Waals surface area contributed by atoms with E-state index in [2.05, 4.69) is 10.6 Å². The predicted octanol–water partition coefficient (Wildman–Crippen LogP) is 1.19. The minimum absolute atomic E-state index is 0.0595. The largest absolute Gasteiger partial charge is 0.380 e. The van der Waals surface area contributed by atoms with Crippen molar-refractivity contribution in [2.45, 2.75) is 19.4 Å². The van der Waals surface area contributed by atoms with Gasteiger partial charge >= 0.3 is 0 Å². The Labute approximate surface area is 94.0 Å². The van der Waals surface area contributed by atoms with Crippen molar-refractivity contribution in [3.05, 3.63) is 29.8 Å². The van der Waals surface area contributed by atoms with Crippen LogP contribution in [0.5, 0.6) is 0 Å². The molecule has 0 bridgehead atoms. The van der Waals surface area contributed by atoms with Crippen LogP contribution >= 0.6 is 0 Å². The molecule has 2 rings (SSSR count). The maximum absolute atomic E-state index is 11.1. The average molecular weight is 218 g/mol. The molecule has 4 heteroatoms. The maximum atomic E-state index is 11.1. The van der Waals surface area contributed by atoms with Gasteiger partial charge in [0.05, 0.1) is 6.04 Å². The summed E-state index contributed by atoms with van der Waals surface area (Å²) in [4.78, 5) is 22.1. The van der Waals surface area contributed by atoms with E-state index in [0.717, 1.165) is 5.69 Å². The minimum Gasteiger partial charge on any atom is -0.380 e. The van der Waals surface area contributed by atoms with Crippen LogP contribution in [0.1, 0.15) is 23.7 Å². The predicted molar refractivity (Wildman–Crippen MR) is 61.5 cm³/mol. The van der Waals surface area contributed by atoms with E-state index in [0.29, 0.717) is 18.5 Å². The van der Waals surface area contributed by atoms with Crippen molar-refractivity contribution in [3.8, 4) is 0 Å².